The van der Waals surface area contributed by atoms with Crippen molar-refractivity contribution in [3.8, 4) is 0 Å². The van der Waals surface area contributed by atoms with Crippen LogP contribution in [0.5, 0.6) is 0 Å². The molecule has 7 heteroatoms. The predicted molar refractivity (Wildman–Crippen MR) is 69.6 cm³/mol. The summed E-state index contributed by atoms with van der Waals surface area (Å²) in [5, 5.41) is 3.24. The lowest BCUT2D eigenvalue weighted by Gasteiger charge is -2.10. The fraction of sp³-hybridized carbons (Fsp3) is 0.400. The molecule has 1 rings (SSSR count). The van der Waals surface area contributed by atoms with Gasteiger partial charge in [0.2, 0.25) is 0 Å². The van der Waals surface area contributed by atoms with Crippen LogP contribution in [0.15, 0.2) is 0 Å². The third-order valence-corrected chi connectivity index (χ3v) is 3.49. The molecule has 0 atom stereocenters. The van der Waals surface area contributed by atoms with Crippen molar-refractivity contribution in [3.05, 3.63) is 10.4 Å². The van der Waals surface area contributed by atoms with Crippen molar-refractivity contribution in [1.82, 2.24) is 5.32 Å². The molecule has 94 valence electrons. The second-order valence-electron chi connectivity index (χ2n) is 3.64. The number of anilines is 2. The maximum absolute atomic E-state index is 11.7. The van der Waals surface area contributed by atoms with Gasteiger partial charge in [0, 0.05) is 20.6 Å². The molecule has 0 saturated heterocycles. The highest BCUT2D eigenvalue weighted by atomic mass is 32.1. The second-order valence-corrected chi connectivity index (χ2v) is 4.64. The van der Waals surface area contributed by atoms with E-state index >= 15 is 0 Å². The van der Waals surface area contributed by atoms with Gasteiger partial charge in [0.05, 0.1) is 11.3 Å². The van der Waals surface area contributed by atoms with Crippen molar-refractivity contribution in [2.75, 3.05) is 31.3 Å². The Bertz CT molecular complexity index is 453. The lowest BCUT2D eigenvalue weighted by molar-refractivity contribution is 0.0960. The molecule has 1 aromatic heterocycles. The van der Waals surface area contributed by atoms with Gasteiger partial charge in [0.1, 0.15) is 9.88 Å². The van der Waals surface area contributed by atoms with E-state index in [4.69, 9.17) is 11.5 Å². The fourth-order valence-corrected chi connectivity index (χ4v) is 2.46. The van der Waals surface area contributed by atoms with Crippen LogP contribution in [0.25, 0.3) is 0 Å². The molecule has 0 aromatic carbocycles. The van der Waals surface area contributed by atoms with Gasteiger partial charge in [0.15, 0.2) is 0 Å². The number of nitrogens with one attached hydrogen (secondary N) is 1. The third-order valence-electron chi connectivity index (χ3n) is 2.12. The minimum atomic E-state index is -0.627. The molecule has 0 unspecified atom stereocenters. The summed E-state index contributed by atoms with van der Waals surface area (Å²) >= 11 is 1.16. The Morgan fingerprint density at radius 2 is 2.00 bits per heavy atom. The summed E-state index contributed by atoms with van der Waals surface area (Å²) in [4.78, 5) is 25.1. The van der Waals surface area contributed by atoms with Crippen LogP contribution >= 0.6 is 11.3 Å². The molecule has 0 radical (unpaired) electrons. The molecule has 5 N–H and O–H groups in total. The molecule has 1 aromatic rings. The van der Waals surface area contributed by atoms with E-state index in [1.165, 1.54) is 0 Å². The number of hydrogen-bond acceptors (Lipinski definition) is 5. The Morgan fingerprint density at radius 3 is 2.35 bits per heavy atom. The molecule has 0 spiro atoms. The number of carbonyl (C=O) groups excluding carboxylic acids is 2. The largest absolute Gasteiger partial charge is 0.397 e. The van der Waals surface area contributed by atoms with E-state index in [1.807, 2.05) is 6.92 Å². The SMILES string of the molecule is CCNC(=O)c1sc(N(C)C)c(C(N)=O)c1N. The summed E-state index contributed by atoms with van der Waals surface area (Å²) in [7, 11) is 3.53. The van der Waals surface area contributed by atoms with Crippen molar-refractivity contribution in [2.45, 2.75) is 6.92 Å². The number of amides is 2. The molecule has 0 saturated carbocycles. The molecular weight excluding hydrogens is 240 g/mol. The third kappa shape index (κ3) is 2.50. The Balaban J connectivity index is 3.31. The zero-order valence-corrected chi connectivity index (χ0v) is 10.9. The number of primary amides is 1. The highest BCUT2D eigenvalue weighted by molar-refractivity contribution is 7.19. The zero-order chi connectivity index (χ0) is 13.2. The standard InChI is InChI=1S/C10H16N4O2S/c1-4-13-9(16)7-6(11)5(8(12)15)10(17-7)14(2)3/h4,11H2,1-3H3,(H2,12,15)(H,13,16). The lowest BCUT2D eigenvalue weighted by Crippen LogP contribution is -2.23. The number of thiophene rings is 1. The van der Waals surface area contributed by atoms with E-state index in [2.05, 4.69) is 5.32 Å². The molecule has 0 aliphatic rings. The number of carbonyl (C=O) groups is 2. The van der Waals surface area contributed by atoms with Gasteiger partial charge in [0.25, 0.3) is 11.8 Å². The highest BCUT2D eigenvalue weighted by Crippen LogP contribution is 2.36. The average Bonchev–Trinajstić information content (AvgIpc) is 2.56. The van der Waals surface area contributed by atoms with Crippen LogP contribution in [-0.2, 0) is 0 Å². The molecule has 0 aliphatic heterocycles. The van der Waals surface area contributed by atoms with Crippen LogP contribution in [0.1, 0.15) is 27.0 Å². The molecule has 1 heterocycles. The van der Waals surface area contributed by atoms with Gasteiger partial charge in [-0.25, -0.2) is 0 Å². The monoisotopic (exact) mass is 256 g/mol. The minimum absolute atomic E-state index is 0.150. The zero-order valence-electron chi connectivity index (χ0n) is 10.0. The van der Waals surface area contributed by atoms with Crippen LogP contribution in [0.4, 0.5) is 10.7 Å². The first kappa shape index (κ1) is 13.3. The van der Waals surface area contributed by atoms with Crippen LogP contribution in [0.2, 0.25) is 0 Å². The molecular formula is C10H16N4O2S. The van der Waals surface area contributed by atoms with Crippen molar-refractivity contribution < 1.29 is 9.59 Å². The molecule has 0 bridgehead atoms. The van der Waals surface area contributed by atoms with Crippen molar-refractivity contribution in [2.24, 2.45) is 5.73 Å². The summed E-state index contributed by atoms with van der Waals surface area (Å²) < 4.78 is 0. The van der Waals surface area contributed by atoms with E-state index in [0.717, 1.165) is 11.3 Å². The van der Waals surface area contributed by atoms with Gasteiger partial charge in [-0.1, -0.05) is 0 Å². The highest BCUT2D eigenvalue weighted by Gasteiger charge is 2.24. The predicted octanol–water partition coefficient (Wildman–Crippen LogP) is 0.245. The molecule has 0 fully saturated rings. The summed E-state index contributed by atoms with van der Waals surface area (Å²) in [6.45, 7) is 2.31. The molecule has 17 heavy (non-hydrogen) atoms. The normalized spacial score (nSPS) is 10.1. The van der Waals surface area contributed by atoms with Gasteiger partial charge >= 0.3 is 0 Å². The van der Waals surface area contributed by atoms with E-state index in [0.29, 0.717) is 16.4 Å². The van der Waals surface area contributed by atoms with Gasteiger partial charge in [-0.05, 0) is 6.92 Å². The molecule has 2 amide bonds. The number of rotatable bonds is 4. The number of nitrogens with two attached hydrogens (primary N) is 2. The van der Waals surface area contributed by atoms with Crippen molar-refractivity contribution >= 4 is 33.8 Å². The lowest BCUT2D eigenvalue weighted by atomic mass is 10.2. The van der Waals surface area contributed by atoms with Crippen molar-refractivity contribution in [1.29, 1.82) is 0 Å². The van der Waals surface area contributed by atoms with Gasteiger partial charge < -0.3 is 21.7 Å². The summed E-state index contributed by atoms with van der Waals surface area (Å²) in [6.07, 6.45) is 0. The summed E-state index contributed by atoms with van der Waals surface area (Å²) in [5.41, 5.74) is 11.4. The number of nitrogen functional groups attached to an aromatic ring is 1. The Kier molecular flexibility index (Phi) is 3.95. The van der Waals surface area contributed by atoms with Crippen LogP contribution in [0, 0.1) is 0 Å². The topological polar surface area (TPSA) is 101 Å². The summed E-state index contributed by atoms with van der Waals surface area (Å²) in [6, 6.07) is 0. The first-order valence-electron chi connectivity index (χ1n) is 5.07. The second kappa shape index (κ2) is 5.05. The smallest absolute Gasteiger partial charge is 0.263 e. The van der Waals surface area contributed by atoms with Gasteiger partial charge in [-0.2, -0.15) is 0 Å². The number of hydrogen-bond donors (Lipinski definition) is 3. The number of nitrogens with zero attached hydrogens (tertiary/aromatic N) is 1. The van der Waals surface area contributed by atoms with Crippen LogP contribution in [0.3, 0.4) is 0 Å². The van der Waals surface area contributed by atoms with E-state index in [1.54, 1.807) is 19.0 Å². The Labute approximate surface area is 104 Å². The van der Waals surface area contributed by atoms with E-state index in [9.17, 15) is 9.59 Å². The molecule has 6 nitrogen and oxygen atoms in total. The van der Waals surface area contributed by atoms with Gasteiger partial charge in [-0.15, -0.1) is 11.3 Å². The minimum Gasteiger partial charge on any atom is -0.397 e. The Morgan fingerprint density at radius 1 is 1.41 bits per heavy atom. The maximum atomic E-state index is 11.7. The van der Waals surface area contributed by atoms with Crippen LogP contribution in [-0.4, -0.2) is 32.5 Å². The van der Waals surface area contributed by atoms with Crippen LogP contribution < -0.4 is 21.7 Å². The van der Waals surface area contributed by atoms with E-state index in [-0.39, 0.29) is 17.2 Å². The summed E-state index contributed by atoms with van der Waals surface area (Å²) in [5.74, 6) is -0.913. The first-order valence-corrected chi connectivity index (χ1v) is 5.89. The van der Waals surface area contributed by atoms with Gasteiger partial charge in [-0.3, -0.25) is 9.59 Å². The van der Waals surface area contributed by atoms with E-state index < -0.39 is 5.91 Å². The Hall–Kier alpha value is -1.76. The maximum Gasteiger partial charge on any atom is 0.263 e. The quantitative estimate of drug-likeness (QED) is 0.718. The fourth-order valence-electron chi connectivity index (χ4n) is 1.39. The first-order chi connectivity index (χ1) is 7.90. The average molecular weight is 256 g/mol. The molecule has 0 aliphatic carbocycles. The van der Waals surface area contributed by atoms with Crippen molar-refractivity contribution in [3.63, 3.8) is 0 Å².